The zero-order valence-electron chi connectivity index (χ0n) is 8.02. The summed E-state index contributed by atoms with van der Waals surface area (Å²) in [6.45, 7) is -2.18. The Kier molecular flexibility index (Phi) is 0.664. The lowest BCUT2D eigenvalue weighted by molar-refractivity contribution is 0.132. The molecule has 1 heterocycles. The zero-order chi connectivity index (χ0) is 8.70. The van der Waals surface area contributed by atoms with Gasteiger partial charge in [-0.2, -0.15) is 0 Å². The van der Waals surface area contributed by atoms with Gasteiger partial charge >= 0.3 is 0 Å². The topological polar surface area (TPSA) is 23.5 Å². The van der Waals surface area contributed by atoms with E-state index < -0.39 is 19.6 Å². The fourth-order valence-corrected chi connectivity index (χ4v) is 0.521. The summed E-state index contributed by atoms with van der Waals surface area (Å²) in [5.74, 6) is 0. The molecule has 1 N–H and O–H groups in total. The highest BCUT2D eigenvalue weighted by Crippen LogP contribution is 2.04. The first-order valence-electron chi connectivity index (χ1n) is 4.28. The Hall–Kier alpha value is -0.0800. The summed E-state index contributed by atoms with van der Waals surface area (Å²) >= 11 is 0. The highest BCUT2D eigenvalue weighted by molar-refractivity contribution is 4.60. The Labute approximate surface area is 49.4 Å². The molecule has 0 radical (unpaired) electrons. The van der Waals surface area contributed by atoms with Crippen LogP contribution in [-0.2, 0) is 0 Å². The number of hydrogen-bond acceptors (Lipinski definition) is 2. The van der Waals surface area contributed by atoms with Crippen molar-refractivity contribution in [3.8, 4) is 0 Å². The van der Waals surface area contributed by atoms with Crippen molar-refractivity contribution in [3.63, 3.8) is 0 Å². The van der Waals surface area contributed by atoms with E-state index in [9.17, 15) is 0 Å². The number of nitrogens with zero attached hydrogens (tertiary/aromatic N) is 1. The summed E-state index contributed by atoms with van der Waals surface area (Å²) < 4.78 is 29.1. The molecule has 0 bridgehead atoms. The van der Waals surface area contributed by atoms with Gasteiger partial charge in [-0.1, -0.05) is 0 Å². The molecule has 0 unspecified atom stereocenters. The third-order valence-corrected chi connectivity index (χ3v) is 0.915. The Morgan fingerprint density at radius 1 is 1.86 bits per heavy atom. The minimum atomic E-state index is -2.03. The second-order valence-electron chi connectivity index (χ2n) is 1.44. The first-order valence-corrected chi connectivity index (χ1v) is 2.28. The van der Waals surface area contributed by atoms with Crippen molar-refractivity contribution in [1.29, 1.82) is 0 Å². The van der Waals surface area contributed by atoms with Crippen LogP contribution in [0.5, 0.6) is 0 Å². The Balaban J connectivity index is 2.81. The van der Waals surface area contributed by atoms with Gasteiger partial charge in [0.05, 0.1) is 6.73 Å². The molecule has 1 saturated heterocycles. The number of rotatable bonds is 1. The third-order valence-electron chi connectivity index (χ3n) is 0.915. The lowest BCUT2D eigenvalue weighted by Gasteiger charge is -2.07. The maximum Gasteiger partial charge on any atom is 0.0956 e. The molecular weight excluding hydrogens is 90.1 g/mol. The quantitative estimate of drug-likeness (QED) is 0.508. The van der Waals surface area contributed by atoms with Gasteiger partial charge in [0, 0.05) is 18.5 Å². The van der Waals surface area contributed by atoms with E-state index in [0.717, 1.165) is 4.90 Å². The average molecular weight is 105 g/mol. The first kappa shape index (κ1) is 2.03. The van der Waals surface area contributed by atoms with E-state index in [1.54, 1.807) is 0 Å². The van der Waals surface area contributed by atoms with Crippen molar-refractivity contribution in [2.75, 3.05) is 19.8 Å². The molecule has 0 saturated carbocycles. The highest BCUT2D eigenvalue weighted by atomic mass is 16.3. The van der Waals surface area contributed by atoms with Crippen LogP contribution < -0.4 is 0 Å². The fraction of sp³-hybridized carbons (Fsp3) is 1.00. The van der Waals surface area contributed by atoms with Crippen molar-refractivity contribution >= 4 is 0 Å². The molecular formula is C5H11NO. The molecule has 0 aromatic heterocycles. The number of hydrogen-bond donors (Lipinski definition) is 1. The van der Waals surface area contributed by atoms with Crippen molar-refractivity contribution in [3.05, 3.63) is 0 Å². The summed E-state index contributed by atoms with van der Waals surface area (Å²) in [4.78, 5) is 1.09. The second-order valence-corrected chi connectivity index (χ2v) is 1.44. The molecule has 0 aromatic rings. The summed E-state index contributed by atoms with van der Waals surface area (Å²) in [7, 11) is 0. The number of likely N-dealkylation sites (tertiary alicyclic amines) is 1. The molecule has 1 rings (SSSR count). The first-order chi connectivity index (χ1) is 4.92. The lowest BCUT2D eigenvalue weighted by atomic mass is 10.4. The molecule has 7 heavy (non-hydrogen) atoms. The molecule has 0 atom stereocenters. The molecule has 1 fully saturated rings. The lowest BCUT2D eigenvalue weighted by Crippen LogP contribution is -2.19. The third kappa shape index (κ3) is 1.14. The van der Waals surface area contributed by atoms with Crippen LogP contribution in [0.4, 0.5) is 0 Å². The summed E-state index contributed by atoms with van der Waals surface area (Å²) in [5, 5.41) is 8.65. The van der Waals surface area contributed by atoms with Gasteiger partial charge < -0.3 is 5.11 Å². The van der Waals surface area contributed by atoms with Crippen LogP contribution >= 0.6 is 0 Å². The molecule has 0 aromatic carbocycles. The van der Waals surface area contributed by atoms with E-state index in [1.807, 2.05) is 0 Å². The minimum absolute atomic E-state index is 0.139. The van der Waals surface area contributed by atoms with E-state index in [2.05, 4.69) is 0 Å². The van der Waals surface area contributed by atoms with Crippen LogP contribution in [0, 0.1) is 0 Å². The van der Waals surface area contributed by atoms with Gasteiger partial charge in [0.1, 0.15) is 0 Å². The molecule has 1 aliphatic heterocycles. The predicted octanol–water partition coefficient (Wildman–Crippen LogP) is 0.0320. The summed E-state index contributed by atoms with van der Waals surface area (Å²) in [6.07, 6.45) is -1.70. The van der Waals surface area contributed by atoms with Crippen molar-refractivity contribution in [2.24, 2.45) is 0 Å². The van der Waals surface area contributed by atoms with Gasteiger partial charge in [0.15, 0.2) is 0 Å². The van der Waals surface area contributed by atoms with E-state index in [1.165, 1.54) is 0 Å². The van der Waals surface area contributed by atoms with Gasteiger partial charge in [-0.25, -0.2) is 0 Å². The highest BCUT2D eigenvalue weighted by Gasteiger charge is 2.07. The van der Waals surface area contributed by atoms with Crippen molar-refractivity contribution in [2.45, 2.75) is 12.8 Å². The maximum atomic E-state index is 8.65. The predicted molar refractivity (Wildman–Crippen MR) is 27.9 cm³/mol. The molecule has 0 amide bonds. The molecule has 1 aliphatic rings. The fourth-order valence-electron chi connectivity index (χ4n) is 0.521. The van der Waals surface area contributed by atoms with E-state index in [-0.39, 0.29) is 13.0 Å². The smallest absolute Gasteiger partial charge is 0.0956 e. The van der Waals surface area contributed by atoms with Gasteiger partial charge in [0.25, 0.3) is 0 Å². The number of aliphatic hydroxyl groups is 1. The van der Waals surface area contributed by atoms with E-state index in [0.29, 0.717) is 0 Å². The van der Waals surface area contributed by atoms with Crippen LogP contribution in [0.1, 0.15) is 18.3 Å². The number of aliphatic hydroxyl groups excluding tert-OH is 1. The second kappa shape index (κ2) is 2.28. The van der Waals surface area contributed by atoms with Gasteiger partial charge in [-0.3, -0.25) is 4.90 Å². The maximum absolute atomic E-state index is 8.65. The van der Waals surface area contributed by atoms with Gasteiger partial charge in [-0.05, 0) is 12.8 Å². The van der Waals surface area contributed by atoms with Crippen molar-refractivity contribution in [1.82, 2.24) is 4.90 Å². The molecule has 2 nitrogen and oxygen atoms in total. The van der Waals surface area contributed by atoms with Crippen molar-refractivity contribution < 1.29 is 10.6 Å². The van der Waals surface area contributed by atoms with Crippen LogP contribution in [0.3, 0.4) is 0 Å². The molecule has 0 spiro atoms. The van der Waals surface area contributed by atoms with Crippen LogP contribution in [0.15, 0.2) is 0 Å². The standard InChI is InChI=1S/C5H11NO/c7-5-6-3-1-2-4-6/h7H,1-5H2/i1D2,3D2. The minimum Gasteiger partial charge on any atom is -0.381 e. The normalized spacial score (nSPS) is 46.4. The van der Waals surface area contributed by atoms with Crippen LogP contribution in [-0.4, -0.2) is 29.8 Å². The Morgan fingerprint density at radius 3 is 3.00 bits per heavy atom. The van der Waals surface area contributed by atoms with Gasteiger partial charge in [-0.15, -0.1) is 0 Å². The Morgan fingerprint density at radius 2 is 2.71 bits per heavy atom. The van der Waals surface area contributed by atoms with Crippen LogP contribution in [0.25, 0.3) is 0 Å². The molecule has 0 aliphatic carbocycles. The average Bonchev–Trinajstić information content (AvgIpc) is 2.05. The van der Waals surface area contributed by atoms with E-state index in [4.69, 9.17) is 10.6 Å². The van der Waals surface area contributed by atoms with Crippen LogP contribution in [0.2, 0.25) is 0 Å². The Bertz CT molecular complexity index is 161. The molecule has 2 heteroatoms. The van der Waals surface area contributed by atoms with Gasteiger partial charge in [0.2, 0.25) is 0 Å². The summed E-state index contributed by atoms with van der Waals surface area (Å²) in [6, 6.07) is 0. The SMILES string of the molecule is [2H]C1([2H])CCN(CO)C1([2H])[2H]. The monoisotopic (exact) mass is 105 g/mol. The zero-order valence-corrected chi connectivity index (χ0v) is 4.02. The van der Waals surface area contributed by atoms with E-state index >= 15 is 0 Å². The molecule has 42 valence electrons. The largest absolute Gasteiger partial charge is 0.381 e. The summed E-state index contributed by atoms with van der Waals surface area (Å²) in [5.41, 5.74) is 0.